The Morgan fingerprint density at radius 1 is 1.18 bits per heavy atom. The zero-order valence-electron chi connectivity index (χ0n) is 10.7. The molecule has 0 amide bonds. The van der Waals surface area contributed by atoms with Gasteiger partial charge in [-0.2, -0.15) is 0 Å². The predicted molar refractivity (Wildman–Crippen MR) is 71.2 cm³/mol. The Morgan fingerprint density at radius 2 is 1.82 bits per heavy atom. The summed E-state index contributed by atoms with van der Waals surface area (Å²) >= 11 is 0. The lowest BCUT2D eigenvalue weighted by Gasteiger charge is -2.39. The molecular formula is C15H23NO. The van der Waals surface area contributed by atoms with Gasteiger partial charge in [0, 0.05) is 13.2 Å². The second-order valence-corrected chi connectivity index (χ2v) is 5.35. The van der Waals surface area contributed by atoms with Crippen LogP contribution in [0.25, 0.3) is 0 Å². The van der Waals surface area contributed by atoms with E-state index in [0.717, 1.165) is 26.1 Å². The van der Waals surface area contributed by atoms with Crippen LogP contribution in [0.5, 0.6) is 0 Å². The monoisotopic (exact) mass is 233 g/mol. The summed E-state index contributed by atoms with van der Waals surface area (Å²) in [5.74, 6) is 0. The fourth-order valence-electron chi connectivity index (χ4n) is 2.69. The molecule has 0 bridgehead atoms. The van der Waals surface area contributed by atoms with Gasteiger partial charge in [-0.3, -0.25) is 0 Å². The number of piperidine rings is 1. The summed E-state index contributed by atoms with van der Waals surface area (Å²) in [5, 5.41) is 8.85. The largest absolute Gasteiger partial charge is 0.396 e. The average molecular weight is 233 g/mol. The molecular weight excluding hydrogens is 210 g/mol. The molecule has 0 saturated carbocycles. The topological polar surface area (TPSA) is 23.5 Å². The minimum atomic E-state index is 0.312. The molecule has 1 aromatic carbocycles. The second-order valence-electron chi connectivity index (χ2n) is 5.35. The molecule has 2 rings (SSSR count). The lowest BCUT2D eigenvalue weighted by Crippen LogP contribution is -2.41. The van der Waals surface area contributed by atoms with E-state index in [-0.39, 0.29) is 0 Å². The molecule has 0 spiro atoms. The van der Waals surface area contributed by atoms with Crippen molar-refractivity contribution in [3.63, 3.8) is 0 Å². The van der Waals surface area contributed by atoms with Gasteiger partial charge in [0.2, 0.25) is 0 Å². The molecule has 2 heteroatoms. The molecule has 2 nitrogen and oxygen atoms in total. The predicted octanol–water partition coefficient (Wildman–Crippen LogP) is 2.42. The second kappa shape index (κ2) is 5.65. The minimum Gasteiger partial charge on any atom is -0.396 e. The first-order valence-corrected chi connectivity index (χ1v) is 6.63. The van der Waals surface area contributed by atoms with Crippen molar-refractivity contribution in [2.75, 3.05) is 26.2 Å². The van der Waals surface area contributed by atoms with Crippen molar-refractivity contribution in [1.82, 2.24) is 4.90 Å². The number of rotatable bonds is 4. The van der Waals surface area contributed by atoms with Crippen molar-refractivity contribution in [2.24, 2.45) is 0 Å². The molecule has 1 aliphatic rings. The summed E-state index contributed by atoms with van der Waals surface area (Å²) in [5.41, 5.74) is 1.82. The molecule has 0 unspecified atom stereocenters. The Bertz CT molecular complexity index is 328. The van der Waals surface area contributed by atoms with Gasteiger partial charge < -0.3 is 10.0 Å². The molecule has 0 atom stereocenters. The third kappa shape index (κ3) is 3.08. The van der Waals surface area contributed by atoms with Crippen LogP contribution in [0.2, 0.25) is 0 Å². The van der Waals surface area contributed by atoms with E-state index in [9.17, 15) is 0 Å². The van der Waals surface area contributed by atoms with Crippen molar-refractivity contribution in [1.29, 1.82) is 0 Å². The van der Waals surface area contributed by atoms with Gasteiger partial charge in [-0.1, -0.05) is 37.3 Å². The first-order chi connectivity index (χ1) is 8.24. The Labute approximate surface area is 104 Å². The van der Waals surface area contributed by atoms with Crippen molar-refractivity contribution in [3.05, 3.63) is 35.9 Å². The lowest BCUT2D eigenvalue weighted by molar-refractivity contribution is 0.155. The van der Waals surface area contributed by atoms with Crippen LogP contribution in [0, 0.1) is 0 Å². The number of benzene rings is 1. The molecule has 0 radical (unpaired) electrons. The average Bonchev–Trinajstić information content (AvgIpc) is 2.39. The summed E-state index contributed by atoms with van der Waals surface area (Å²) in [6.45, 7) is 6.05. The summed E-state index contributed by atoms with van der Waals surface area (Å²) in [4.78, 5) is 2.47. The van der Waals surface area contributed by atoms with Crippen LogP contribution < -0.4 is 0 Å². The zero-order chi connectivity index (χ0) is 12.1. The highest BCUT2D eigenvalue weighted by Gasteiger charge is 2.31. The SMILES string of the molecule is CC1(c2ccccc2)CCN(CCCO)CC1. The van der Waals surface area contributed by atoms with Crippen LogP contribution in [0.1, 0.15) is 31.7 Å². The van der Waals surface area contributed by atoms with E-state index in [0.29, 0.717) is 12.0 Å². The Morgan fingerprint density at radius 3 is 2.41 bits per heavy atom. The van der Waals surface area contributed by atoms with E-state index in [1.54, 1.807) is 0 Å². The minimum absolute atomic E-state index is 0.312. The van der Waals surface area contributed by atoms with Crippen LogP contribution in [0.15, 0.2) is 30.3 Å². The van der Waals surface area contributed by atoms with E-state index >= 15 is 0 Å². The highest BCUT2D eigenvalue weighted by atomic mass is 16.3. The summed E-state index contributed by atoms with van der Waals surface area (Å²) in [6, 6.07) is 10.9. The first-order valence-electron chi connectivity index (χ1n) is 6.63. The molecule has 1 saturated heterocycles. The fourth-order valence-corrected chi connectivity index (χ4v) is 2.69. The maximum absolute atomic E-state index is 8.85. The summed E-state index contributed by atoms with van der Waals surface area (Å²) in [6.07, 6.45) is 3.35. The number of nitrogens with zero attached hydrogens (tertiary/aromatic N) is 1. The standard InChI is InChI=1S/C15H23NO/c1-15(14-6-3-2-4-7-14)8-11-16(12-9-15)10-5-13-17/h2-4,6-7,17H,5,8-13H2,1H3. The molecule has 1 aliphatic heterocycles. The van der Waals surface area contributed by atoms with Gasteiger partial charge in [0.05, 0.1) is 0 Å². The smallest absolute Gasteiger partial charge is 0.0443 e. The normalized spacial score (nSPS) is 20.4. The number of aliphatic hydroxyl groups is 1. The van der Waals surface area contributed by atoms with Crippen LogP contribution in [-0.4, -0.2) is 36.2 Å². The van der Waals surface area contributed by atoms with Gasteiger partial charge in [-0.05, 0) is 43.3 Å². The molecule has 94 valence electrons. The summed E-state index contributed by atoms with van der Waals surface area (Å²) < 4.78 is 0. The van der Waals surface area contributed by atoms with Crippen molar-refractivity contribution >= 4 is 0 Å². The molecule has 1 aromatic rings. The zero-order valence-corrected chi connectivity index (χ0v) is 10.7. The fraction of sp³-hybridized carbons (Fsp3) is 0.600. The molecule has 1 fully saturated rings. The molecule has 0 aromatic heterocycles. The van der Waals surface area contributed by atoms with Crippen LogP contribution in [-0.2, 0) is 5.41 Å². The van der Waals surface area contributed by atoms with E-state index in [1.165, 1.54) is 18.4 Å². The van der Waals surface area contributed by atoms with Crippen molar-refractivity contribution in [2.45, 2.75) is 31.6 Å². The van der Waals surface area contributed by atoms with Gasteiger partial charge in [-0.15, -0.1) is 0 Å². The first kappa shape index (κ1) is 12.6. The van der Waals surface area contributed by atoms with E-state index in [1.807, 2.05) is 0 Å². The maximum atomic E-state index is 8.85. The van der Waals surface area contributed by atoms with Gasteiger partial charge in [0.1, 0.15) is 0 Å². The third-order valence-electron chi connectivity index (χ3n) is 4.06. The lowest BCUT2D eigenvalue weighted by atomic mass is 9.74. The molecule has 0 aliphatic carbocycles. The van der Waals surface area contributed by atoms with Crippen LogP contribution in [0.4, 0.5) is 0 Å². The van der Waals surface area contributed by atoms with Gasteiger partial charge in [-0.25, -0.2) is 0 Å². The van der Waals surface area contributed by atoms with Crippen LogP contribution >= 0.6 is 0 Å². The third-order valence-corrected chi connectivity index (χ3v) is 4.06. The molecule has 1 N–H and O–H groups in total. The van der Waals surface area contributed by atoms with Gasteiger partial charge >= 0.3 is 0 Å². The summed E-state index contributed by atoms with van der Waals surface area (Å²) in [7, 11) is 0. The molecule has 17 heavy (non-hydrogen) atoms. The van der Waals surface area contributed by atoms with Crippen LogP contribution in [0.3, 0.4) is 0 Å². The number of likely N-dealkylation sites (tertiary alicyclic amines) is 1. The maximum Gasteiger partial charge on any atom is 0.0443 e. The highest BCUT2D eigenvalue weighted by molar-refractivity contribution is 5.25. The highest BCUT2D eigenvalue weighted by Crippen LogP contribution is 2.34. The van der Waals surface area contributed by atoms with Crippen molar-refractivity contribution in [3.8, 4) is 0 Å². The quantitative estimate of drug-likeness (QED) is 0.863. The van der Waals surface area contributed by atoms with Gasteiger partial charge in [0.15, 0.2) is 0 Å². The number of hydrogen-bond acceptors (Lipinski definition) is 2. The Kier molecular flexibility index (Phi) is 4.19. The number of hydrogen-bond donors (Lipinski definition) is 1. The van der Waals surface area contributed by atoms with Gasteiger partial charge in [0.25, 0.3) is 0 Å². The van der Waals surface area contributed by atoms with E-state index in [4.69, 9.17) is 5.11 Å². The van der Waals surface area contributed by atoms with E-state index < -0.39 is 0 Å². The Balaban J connectivity index is 1.93. The Hall–Kier alpha value is -0.860. The molecule has 1 heterocycles. The van der Waals surface area contributed by atoms with E-state index in [2.05, 4.69) is 42.2 Å². The number of aliphatic hydroxyl groups excluding tert-OH is 1. The van der Waals surface area contributed by atoms with Crippen molar-refractivity contribution < 1.29 is 5.11 Å².